The van der Waals surface area contributed by atoms with E-state index in [1.54, 1.807) is 11.8 Å². The molecule has 0 saturated carbocycles. The maximum absolute atomic E-state index is 12.4. The molecule has 30 heavy (non-hydrogen) atoms. The van der Waals surface area contributed by atoms with Crippen LogP contribution in [0.15, 0.2) is 18.2 Å². The van der Waals surface area contributed by atoms with Crippen LogP contribution in [0.2, 0.25) is 0 Å². The van der Waals surface area contributed by atoms with Crippen LogP contribution in [0, 0.1) is 0 Å². The molecule has 2 unspecified atom stereocenters. The van der Waals surface area contributed by atoms with Crippen LogP contribution in [-0.4, -0.2) is 52.4 Å². The van der Waals surface area contributed by atoms with Crippen molar-refractivity contribution in [1.82, 2.24) is 4.90 Å². The quantitative estimate of drug-likeness (QED) is 0.763. The molecule has 2 heterocycles. The van der Waals surface area contributed by atoms with E-state index in [0.29, 0.717) is 6.42 Å². The molecule has 1 aromatic rings. The van der Waals surface area contributed by atoms with Gasteiger partial charge in [-0.3, -0.25) is 9.69 Å². The Morgan fingerprint density at radius 1 is 1.20 bits per heavy atom. The molecular weight excluding hydrogens is 383 g/mol. The van der Waals surface area contributed by atoms with Gasteiger partial charge in [0.05, 0.1) is 17.2 Å². The van der Waals surface area contributed by atoms with Crippen molar-refractivity contribution in [3.05, 3.63) is 23.8 Å². The summed E-state index contributed by atoms with van der Waals surface area (Å²) in [5, 5.41) is 9.90. The topological polar surface area (TPSA) is 79.3 Å². The highest BCUT2D eigenvalue weighted by Crippen LogP contribution is 2.42. The van der Waals surface area contributed by atoms with Crippen molar-refractivity contribution in [3.8, 4) is 0 Å². The fourth-order valence-electron chi connectivity index (χ4n) is 4.44. The first-order valence-corrected chi connectivity index (χ1v) is 10.6. The van der Waals surface area contributed by atoms with E-state index in [9.17, 15) is 14.7 Å². The molecule has 0 aromatic heterocycles. The lowest BCUT2D eigenvalue weighted by molar-refractivity contribution is -0.117. The monoisotopic (exact) mass is 416 g/mol. The number of anilines is 1. The van der Waals surface area contributed by atoms with Crippen LogP contribution in [0.1, 0.15) is 73.4 Å². The number of fused-ring (bicyclic) bond motifs is 1. The molecule has 1 N–H and O–H groups in total. The van der Waals surface area contributed by atoms with E-state index in [2.05, 4.69) is 0 Å². The van der Waals surface area contributed by atoms with Crippen LogP contribution in [0.3, 0.4) is 0 Å². The van der Waals surface area contributed by atoms with E-state index in [-0.39, 0.29) is 24.0 Å². The number of carbonyl (C=O) groups is 2. The fourth-order valence-corrected chi connectivity index (χ4v) is 4.44. The minimum absolute atomic E-state index is 0.0583. The summed E-state index contributed by atoms with van der Waals surface area (Å²) in [6.07, 6.45) is -0.436. The maximum atomic E-state index is 12.4. The minimum atomic E-state index is -0.967. The zero-order valence-electron chi connectivity index (χ0n) is 19.2. The van der Waals surface area contributed by atoms with Crippen molar-refractivity contribution in [2.24, 2.45) is 0 Å². The Labute approximate surface area is 179 Å². The number of carbonyl (C=O) groups excluding carboxylic acids is 1. The average molecular weight is 416 g/mol. The molecule has 3 rings (SSSR count). The molecule has 164 valence electrons. The molecule has 0 radical (unpaired) electrons. The zero-order valence-corrected chi connectivity index (χ0v) is 19.2. The van der Waals surface area contributed by atoms with Crippen molar-refractivity contribution < 1.29 is 24.0 Å². The van der Waals surface area contributed by atoms with Crippen LogP contribution in [0.4, 0.5) is 10.5 Å². The summed E-state index contributed by atoms with van der Waals surface area (Å²) >= 11 is 0. The molecule has 2 amide bonds. The summed E-state index contributed by atoms with van der Waals surface area (Å²) in [5.41, 5.74) is 1.44. The lowest BCUT2D eigenvalue weighted by atomic mass is 9.76. The number of rotatable bonds is 3. The molecule has 2 atom stereocenters. The van der Waals surface area contributed by atoms with E-state index in [4.69, 9.17) is 9.31 Å². The fraction of sp³-hybridized carbons (Fsp3) is 0.636. The third kappa shape index (κ3) is 3.71. The molecule has 1 saturated heterocycles. The Kier molecular flexibility index (Phi) is 5.71. The highest BCUT2D eigenvalue weighted by atomic mass is 16.7. The van der Waals surface area contributed by atoms with E-state index >= 15 is 0 Å². The Bertz CT molecular complexity index is 838. The van der Waals surface area contributed by atoms with Crippen molar-refractivity contribution in [3.63, 3.8) is 0 Å². The van der Waals surface area contributed by atoms with E-state index < -0.39 is 24.4 Å². The SMILES string of the molecule is CC(=O)N1c2ccc(B3OC(C)(C)C(C)(C)O3)cc2C(N(C(=O)O)C(C)C)CC1C. The Balaban J connectivity index is 2.11. The van der Waals surface area contributed by atoms with Gasteiger partial charge in [0.15, 0.2) is 0 Å². The standard InChI is InChI=1S/C22H33BN2O5/c1-13(2)24(20(27)28)19-11-14(3)25(15(4)26)18-10-9-16(12-17(18)19)23-29-21(5,6)22(7,8)30-23/h9-10,12-14,19H,11H2,1-8H3,(H,27,28). The second-order valence-electron chi connectivity index (χ2n) is 9.68. The van der Waals surface area contributed by atoms with E-state index in [0.717, 1.165) is 16.7 Å². The van der Waals surface area contributed by atoms with E-state index in [1.807, 2.05) is 66.7 Å². The molecule has 2 aliphatic heterocycles. The number of nitrogens with zero attached hydrogens (tertiary/aromatic N) is 2. The van der Waals surface area contributed by atoms with Gasteiger partial charge < -0.3 is 19.3 Å². The summed E-state index contributed by atoms with van der Waals surface area (Å²) in [6.45, 7) is 15.2. The summed E-state index contributed by atoms with van der Waals surface area (Å²) in [5.74, 6) is -0.0583. The Morgan fingerprint density at radius 3 is 2.23 bits per heavy atom. The average Bonchev–Trinajstić information content (AvgIpc) is 2.81. The van der Waals surface area contributed by atoms with Crippen LogP contribution in [0.25, 0.3) is 0 Å². The van der Waals surface area contributed by atoms with Crippen LogP contribution < -0.4 is 10.4 Å². The third-order valence-corrected chi connectivity index (χ3v) is 6.65. The summed E-state index contributed by atoms with van der Waals surface area (Å²) < 4.78 is 12.4. The Morgan fingerprint density at radius 2 is 1.77 bits per heavy atom. The minimum Gasteiger partial charge on any atom is -0.465 e. The van der Waals surface area contributed by atoms with Gasteiger partial charge in [0.1, 0.15) is 0 Å². The molecular formula is C22H33BN2O5. The summed E-state index contributed by atoms with van der Waals surface area (Å²) in [4.78, 5) is 27.7. The van der Waals surface area contributed by atoms with Gasteiger partial charge in [-0.05, 0) is 72.0 Å². The van der Waals surface area contributed by atoms with Gasteiger partial charge in [0.25, 0.3) is 0 Å². The zero-order chi connectivity index (χ0) is 22.6. The third-order valence-electron chi connectivity index (χ3n) is 6.65. The van der Waals surface area contributed by atoms with Crippen LogP contribution in [0.5, 0.6) is 0 Å². The van der Waals surface area contributed by atoms with E-state index in [1.165, 1.54) is 4.90 Å². The normalized spacial score (nSPS) is 24.7. The molecule has 8 heteroatoms. The number of amides is 2. The van der Waals surface area contributed by atoms with Crippen LogP contribution >= 0.6 is 0 Å². The number of hydrogen-bond acceptors (Lipinski definition) is 4. The number of benzene rings is 1. The van der Waals surface area contributed by atoms with Crippen molar-refractivity contribution in [1.29, 1.82) is 0 Å². The molecule has 0 spiro atoms. The lowest BCUT2D eigenvalue weighted by Crippen LogP contribution is -2.49. The predicted octanol–water partition coefficient (Wildman–Crippen LogP) is 3.56. The number of carboxylic acid groups (broad SMARTS) is 1. The molecule has 7 nitrogen and oxygen atoms in total. The van der Waals surface area contributed by atoms with Gasteiger partial charge in [-0.25, -0.2) is 4.79 Å². The first-order chi connectivity index (χ1) is 13.8. The predicted molar refractivity (Wildman–Crippen MR) is 117 cm³/mol. The highest BCUT2D eigenvalue weighted by molar-refractivity contribution is 6.62. The van der Waals surface area contributed by atoms with Crippen molar-refractivity contribution in [2.75, 3.05) is 4.90 Å². The summed E-state index contributed by atoms with van der Waals surface area (Å²) in [7, 11) is -0.552. The van der Waals surface area contributed by atoms with Gasteiger partial charge in [0, 0.05) is 24.7 Å². The Hall–Kier alpha value is -2.06. The lowest BCUT2D eigenvalue weighted by Gasteiger charge is -2.43. The maximum Gasteiger partial charge on any atom is 0.494 e. The van der Waals surface area contributed by atoms with Gasteiger partial charge in [-0.15, -0.1) is 0 Å². The molecule has 1 fully saturated rings. The first kappa shape index (κ1) is 22.6. The summed E-state index contributed by atoms with van der Waals surface area (Å²) in [6, 6.07) is 5.08. The second-order valence-corrected chi connectivity index (χ2v) is 9.68. The van der Waals surface area contributed by atoms with Crippen LogP contribution in [-0.2, 0) is 14.1 Å². The van der Waals surface area contributed by atoms with Crippen molar-refractivity contribution in [2.45, 2.75) is 91.1 Å². The largest absolute Gasteiger partial charge is 0.494 e. The second kappa shape index (κ2) is 7.57. The molecule has 0 bridgehead atoms. The first-order valence-electron chi connectivity index (χ1n) is 10.6. The van der Waals surface area contributed by atoms with Gasteiger partial charge in [-0.2, -0.15) is 0 Å². The number of hydrogen-bond donors (Lipinski definition) is 1. The van der Waals surface area contributed by atoms with Gasteiger partial charge >= 0.3 is 13.2 Å². The smallest absolute Gasteiger partial charge is 0.465 e. The van der Waals surface area contributed by atoms with Gasteiger partial charge in [0.2, 0.25) is 5.91 Å². The molecule has 2 aliphatic rings. The highest BCUT2D eigenvalue weighted by Gasteiger charge is 2.52. The molecule has 0 aliphatic carbocycles. The van der Waals surface area contributed by atoms with Crippen molar-refractivity contribution >= 4 is 30.3 Å². The van der Waals surface area contributed by atoms with Gasteiger partial charge in [-0.1, -0.05) is 12.1 Å². The molecule has 1 aromatic carbocycles.